The van der Waals surface area contributed by atoms with Gasteiger partial charge in [0, 0.05) is 12.1 Å². The summed E-state index contributed by atoms with van der Waals surface area (Å²) in [6.07, 6.45) is 1.58. The van der Waals surface area contributed by atoms with Gasteiger partial charge in [-0.1, -0.05) is 12.1 Å². The molecule has 8 heteroatoms. The fourth-order valence-corrected chi connectivity index (χ4v) is 2.81. The maximum Gasteiger partial charge on any atom is 0.303 e. The number of aromatic amines is 1. The molecule has 1 aromatic carbocycles. The molecule has 0 spiro atoms. The van der Waals surface area contributed by atoms with E-state index in [2.05, 4.69) is 14.7 Å². The Labute approximate surface area is 122 Å². The van der Waals surface area contributed by atoms with E-state index in [0.717, 1.165) is 5.56 Å². The van der Waals surface area contributed by atoms with Gasteiger partial charge in [0.1, 0.15) is 5.82 Å². The van der Waals surface area contributed by atoms with Crippen LogP contribution < -0.4 is 4.72 Å². The second-order valence-electron chi connectivity index (χ2n) is 4.53. The van der Waals surface area contributed by atoms with E-state index in [9.17, 15) is 13.2 Å². The van der Waals surface area contributed by atoms with Gasteiger partial charge in [0.15, 0.2) is 5.03 Å². The summed E-state index contributed by atoms with van der Waals surface area (Å²) in [7, 11) is -3.72. The number of carbonyl (C=O) groups is 1. The topological polar surface area (TPSA) is 112 Å². The first-order valence-electron chi connectivity index (χ1n) is 6.22. The fourth-order valence-electron chi connectivity index (χ4n) is 1.79. The van der Waals surface area contributed by atoms with Gasteiger partial charge in [-0.15, -0.1) is 0 Å². The van der Waals surface area contributed by atoms with Gasteiger partial charge in [0.2, 0.25) is 0 Å². The molecule has 0 atom stereocenters. The third kappa shape index (κ3) is 4.06. The number of imidazole rings is 1. The summed E-state index contributed by atoms with van der Waals surface area (Å²) >= 11 is 0. The number of sulfonamides is 1. The lowest BCUT2D eigenvalue weighted by atomic mass is 10.1. The van der Waals surface area contributed by atoms with Crippen LogP contribution in [0.3, 0.4) is 0 Å². The number of carboxylic acid groups (broad SMARTS) is 1. The van der Waals surface area contributed by atoms with Gasteiger partial charge in [-0.25, -0.2) is 4.98 Å². The van der Waals surface area contributed by atoms with Crippen LogP contribution in [0.1, 0.15) is 17.8 Å². The Balaban J connectivity index is 2.16. The summed E-state index contributed by atoms with van der Waals surface area (Å²) in [6.45, 7) is 1.66. The zero-order chi connectivity index (χ0) is 15.5. The molecule has 1 aromatic heterocycles. The van der Waals surface area contributed by atoms with E-state index >= 15 is 0 Å². The Morgan fingerprint density at radius 2 is 2.19 bits per heavy atom. The van der Waals surface area contributed by atoms with Gasteiger partial charge in [0.25, 0.3) is 10.0 Å². The lowest BCUT2D eigenvalue weighted by Crippen LogP contribution is -2.13. The highest BCUT2D eigenvalue weighted by molar-refractivity contribution is 7.92. The van der Waals surface area contributed by atoms with E-state index in [0.29, 0.717) is 17.9 Å². The van der Waals surface area contributed by atoms with Crippen LogP contribution in [0.2, 0.25) is 0 Å². The molecular formula is C13H15N3O4S. The number of anilines is 1. The van der Waals surface area contributed by atoms with Crippen molar-refractivity contribution in [3.8, 4) is 0 Å². The highest BCUT2D eigenvalue weighted by Gasteiger charge is 2.16. The smallest absolute Gasteiger partial charge is 0.303 e. The summed E-state index contributed by atoms with van der Waals surface area (Å²) < 4.78 is 26.7. The molecule has 0 bridgehead atoms. The van der Waals surface area contributed by atoms with Crippen LogP contribution in [0.5, 0.6) is 0 Å². The number of aryl methyl sites for hydroxylation is 2. The maximum absolute atomic E-state index is 12.1. The predicted molar refractivity (Wildman–Crippen MR) is 76.5 cm³/mol. The molecule has 0 amide bonds. The van der Waals surface area contributed by atoms with Crippen molar-refractivity contribution in [2.24, 2.45) is 0 Å². The highest BCUT2D eigenvalue weighted by Crippen LogP contribution is 2.17. The molecule has 0 saturated heterocycles. The van der Waals surface area contributed by atoms with E-state index in [4.69, 9.17) is 5.11 Å². The minimum atomic E-state index is -3.72. The summed E-state index contributed by atoms with van der Waals surface area (Å²) in [5.74, 6) is -0.389. The van der Waals surface area contributed by atoms with Gasteiger partial charge >= 0.3 is 5.97 Å². The first kappa shape index (κ1) is 15.0. The zero-order valence-electron chi connectivity index (χ0n) is 11.3. The van der Waals surface area contributed by atoms with Crippen molar-refractivity contribution in [3.05, 3.63) is 41.9 Å². The van der Waals surface area contributed by atoms with Crippen LogP contribution in [-0.2, 0) is 21.2 Å². The number of hydrogen-bond acceptors (Lipinski definition) is 4. The first-order valence-corrected chi connectivity index (χ1v) is 7.70. The van der Waals surface area contributed by atoms with Crippen molar-refractivity contribution in [3.63, 3.8) is 0 Å². The van der Waals surface area contributed by atoms with Crippen LogP contribution in [-0.4, -0.2) is 29.5 Å². The van der Waals surface area contributed by atoms with Gasteiger partial charge in [-0.3, -0.25) is 9.52 Å². The third-order valence-corrected chi connectivity index (χ3v) is 4.07. The molecule has 7 nitrogen and oxygen atoms in total. The van der Waals surface area contributed by atoms with Crippen LogP contribution in [0, 0.1) is 6.92 Å². The number of rotatable bonds is 6. The Bertz CT molecular complexity index is 752. The molecule has 0 radical (unpaired) electrons. The van der Waals surface area contributed by atoms with E-state index < -0.39 is 16.0 Å². The van der Waals surface area contributed by atoms with E-state index in [1.54, 1.807) is 31.2 Å². The molecular weight excluding hydrogens is 294 g/mol. The number of H-pyrrole nitrogens is 1. The number of carboxylic acids is 1. The second kappa shape index (κ2) is 5.96. The second-order valence-corrected chi connectivity index (χ2v) is 6.18. The van der Waals surface area contributed by atoms with Crippen molar-refractivity contribution in [1.29, 1.82) is 0 Å². The molecule has 1 heterocycles. The van der Waals surface area contributed by atoms with Gasteiger partial charge in [-0.05, 0) is 31.0 Å². The summed E-state index contributed by atoms with van der Waals surface area (Å²) in [5.41, 5.74) is 1.13. The molecule has 112 valence electrons. The largest absolute Gasteiger partial charge is 0.481 e. The molecule has 0 saturated carbocycles. The number of hydrogen-bond donors (Lipinski definition) is 3. The Hall–Kier alpha value is -2.35. The standard InChI is InChI=1S/C13H15N3O4S/c1-9-14-8-12(15-9)21(19,20)16-11-4-2-3-10(7-11)5-6-13(17)18/h2-4,7-8,16H,5-6H2,1H3,(H,14,15)(H,17,18). The number of nitrogens with one attached hydrogen (secondary N) is 2. The van der Waals surface area contributed by atoms with Crippen LogP contribution >= 0.6 is 0 Å². The first-order chi connectivity index (χ1) is 9.87. The molecule has 0 unspecified atom stereocenters. The number of aliphatic carboxylic acids is 1. The summed E-state index contributed by atoms with van der Waals surface area (Å²) in [6, 6.07) is 6.64. The number of nitrogens with zero attached hydrogens (tertiary/aromatic N) is 1. The Morgan fingerprint density at radius 1 is 1.43 bits per heavy atom. The third-order valence-electron chi connectivity index (χ3n) is 2.78. The van der Waals surface area contributed by atoms with Crippen molar-refractivity contribution in [2.45, 2.75) is 24.8 Å². The van der Waals surface area contributed by atoms with Crippen molar-refractivity contribution in [2.75, 3.05) is 4.72 Å². The average molecular weight is 309 g/mol. The van der Waals surface area contributed by atoms with Crippen molar-refractivity contribution >= 4 is 21.7 Å². The Kier molecular flexibility index (Phi) is 4.27. The molecule has 0 aliphatic heterocycles. The van der Waals surface area contributed by atoms with Gasteiger partial charge in [0.05, 0.1) is 6.20 Å². The molecule has 0 fully saturated rings. The fraction of sp³-hybridized carbons (Fsp3) is 0.231. The van der Waals surface area contributed by atoms with Crippen LogP contribution in [0.4, 0.5) is 5.69 Å². The van der Waals surface area contributed by atoms with Crippen molar-refractivity contribution in [1.82, 2.24) is 9.97 Å². The predicted octanol–water partition coefficient (Wildman–Crippen LogP) is 1.54. The SMILES string of the molecule is Cc1ncc(S(=O)(=O)Nc2cccc(CCC(=O)O)c2)[nH]1. The average Bonchev–Trinajstić information content (AvgIpc) is 2.84. The Morgan fingerprint density at radius 3 is 2.81 bits per heavy atom. The number of aromatic nitrogens is 2. The maximum atomic E-state index is 12.1. The summed E-state index contributed by atoms with van der Waals surface area (Å²) in [5, 5.41) is 8.64. The van der Waals surface area contributed by atoms with Crippen molar-refractivity contribution < 1.29 is 18.3 Å². The van der Waals surface area contributed by atoms with E-state index in [1.165, 1.54) is 6.20 Å². The lowest BCUT2D eigenvalue weighted by molar-refractivity contribution is -0.136. The molecule has 3 N–H and O–H groups in total. The van der Waals surface area contributed by atoms with Gasteiger partial charge in [-0.2, -0.15) is 8.42 Å². The molecule has 0 aliphatic carbocycles. The summed E-state index contributed by atoms with van der Waals surface area (Å²) in [4.78, 5) is 17.1. The zero-order valence-corrected chi connectivity index (χ0v) is 12.1. The van der Waals surface area contributed by atoms with E-state index in [-0.39, 0.29) is 11.4 Å². The molecule has 2 aromatic rings. The lowest BCUT2D eigenvalue weighted by Gasteiger charge is -2.07. The minimum Gasteiger partial charge on any atom is -0.481 e. The van der Waals surface area contributed by atoms with Gasteiger partial charge < -0.3 is 10.1 Å². The molecule has 21 heavy (non-hydrogen) atoms. The monoisotopic (exact) mass is 309 g/mol. The normalized spacial score (nSPS) is 11.3. The number of benzene rings is 1. The highest BCUT2D eigenvalue weighted by atomic mass is 32.2. The molecule has 0 aliphatic rings. The quantitative estimate of drug-likeness (QED) is 0.749. The van der Waals surface area contributed by atoms with E-state index in [1.807, 2.05) is 0 Å². The van der Waals surface area contributed by atoms with Crippen LogP contribution in [0.15, 0.2) is 35.5 Å². The molecule has 2 rings (SSSR count). The minimum absolute atomic E-state index is 0.00402. The van der Waals surface area contributed by atoms with Crippen LogP contribution in [0.25, 0.3) is 0 Å².